The number of nitrogens with zero attached hydrogens (tertiary/aromatic N) is 2. The van der Waals surface area contributed by atoms with E-state index in [1.54, 1.807) is 12.1 Å². The maximum atomic E-state index is 12.9. The lowest BCUT2D eigenvalue weighted by atomic mass is 9.92. The highest BCUT2D eigenvalue weighted by atomic mass is 16.5. The molecule has 1 heterocycles. The number of aromatic carboxylic acids is 2. The number of aromatic nitrogens is 2. The molecule has 4 rings (SSSR count). The number of nitrogens with one attached hydrogen (secondary N) is 1. The van der Waals surface area contributed by atoms with Crippen LogP contribution in [0.3, 0.4) is 0 Å². The van der Waals surface area contributed by atoms with Gasteiger partial charge in [-0.2, -0.15) is 5.10 Å². The smallest absolute Gasteiger partial charge is 0.356 e. The third kappa shape index (κ3) is 7.17. The van der Waals surface area contributed by atoms with Gasteiger partial charge in [-0.25, -0.2) is 14.3 Å². The van der Waals surface area contributed by atoms with Gasteiger partial charge in [0.05, 0.1) is 24.3 Å². The van der Waals surface area contributed by atoms with Crippen molar-refractivity contribution in [1.82, 2.24) is 15.1 Å². The van der Waals surface area contributed by atoms with Crippen molar-refractivity contribution in [3.05, 3.63) is 83.0 Å². The number of ether oxygens (including phenoxy) is 2. The van der Waals surface area contributed by atoms with E-state index in [0.29, 0.717) is 12.2 Å². The Labute approximate surface area is 213 Å². The van der Waals surface area contributed by atoms with Gasteiger partial charge < -0.3 is 25.0 Å². The van der Waals surface area contributed by atoms with Gasteiger partial charge in [-0.05, 0) is 36.1 Å². The number of carboxylic acids is 2. The van der Waals surface area contributed by atoms with Crippen LogP contribution in [0.2, 0.25) is 0 Å². The molecule has 194 valence electrons. The lowest BCUT2D eigenvalue weighted by Crippen LogP contribution is -2.47. The lowest BCUT2D eigenvalue weighted by Gasteiger charge is -2.32. The summed E-state index contributed by atoms with van der Waals surface area (Å²) in [5.41, 5.74) is 1.49. The van der Waals surface area contributed by atoms with Gasteiger partial charge in [-0.15, -0.1) is 0 Å². The second-order valence-electron chi connectivity index (χ2n) is 8.92. The average Bonchev–Trinajstić information content (AvgIpc) is 3.30. The first kappa shape index (κ1) is 25.9. The quantitative estimate of drug-likeness (QED) is 0.358. The monoisotopic (exact) mass is 507 g/mol. The number of benzene rings is 2. The fraction of sp³-hybridized carbons (Fsp3) is 0.333. The molecule has 10 nitrogen and oxygen atoms in total. The molecule has 1 amide bonds. The average molecular weight is 508 g/mol. The maximum Gasteiger partial charge on any atom is 0.356 e. The first-order chi connectivity index (χ1) is 17.9. The first-order valence-corrected chi connectivity index (χ1v) is 12.1. The van der Waals surface area contributed by atoms with Crippen LogP contribution in [0.15, 0.2) is 60.7 Å². The highest BCUT2D eigenvalue weighted by Crippen LogP contribution is 2.23. The molecule has 10 heteroatoms. The van der Waals surface area contributed by atoms with Gasteiger partial charge in [0, 0.05) is 6.07 Å². The van der Waals surface area contributed by atoms with Crippen molar-refractivity contribution < 1.29 is 34.1 Å². The predicted molar refractivity (Wildman–Crippen MR) is 132 cm³/mol. The molecule has 0 aliphatic heterocycles. The Kier molecular flexibility index (Phi) is 8.52. The first-order valence-electron chi connectivity index (χ1n) is 12.1. The Balaban J connectivity index is 1.40. The Morgan fingerprint density at radius 1 is 0.919 bits per heavy atom. The molecule has 0 saturated heterocycles. The van der Waals surface area contributed by atoms with Gasteiger partial charge in [-0.1, -0.05) is 55.3 Å². The molecule has 2 atom stereocenters. The van der Waals surface area contributed by atoms with E-state index >= 15 is 0 Å². The summed E-state index contributed by atoms with van der Waals surface area (Å²) in [5.74, 6) is -2.56. The van der Waals surface area contributed by atoms with Gasteiger partial charge in [0.25, 0.3) is 0 Å². The van der Waals surface area contributed by atoms with E-state index in [-0.39, 0.29) is 48.3 Å². The molecule has 1 aliphatic carbocycles. The van der Waals surface area contributed by atoms with Gasteiger partial charge in [-0.3, -0.25) is 4.79 Å². The summed E-state index contributed by atoms with van der Waals surface area (Å²) in [6, 6.07) is 17.1. The number of hydrogen-bond donors (Lipinski definition) is 3. The molecule has 0 radical (unpaired) electrons. The lowest BCUT2D eigenvalue weighted by molar-refractivity contribution is -0.124. The molecular weight excluding hydrogens is 478 g/mol. The SMILES string of the molecule is O=C(Cn1nc(C(=O)O)cc1OCc1cccc(C(=O)O)c1)NC1CCCCC1OCc1ccccc1. The molecule has 3 aromatic rings. The Hall–Kier alpha value is -4.18. The van der Waals surface area contributed by atoms with Crippen molar-refractivity contribution >= 4 is 17.8 Å². The summed E-state index contributed by atoms with van der Waals surface area (Å²) in [6.07, 6.45) is 3.50. The van der Waals surface area contributed by atoms with E-state index in [9.17, 15) is 24.6 Å². The second kappa shape index (κ2) is 12.2. The Bertz CT molecular complexity index is 1240. The molecule has 37 heavy (non-hydrogen) atoms. The molecule has 1 aliphatic rings. The van der Waals surface area contributed by atoms with Crippen LogP contribution >= 0.6 is 0 Å². The molecular formula is C27H29N3O7. The normalized spacial score (nSPS) is 17.2. The Morgan fingerprint density at radius 3 is 2.43 bits per heavy atom. The van der Waals surface area contributed by atoms with E-state index in [4.69, 9.17) is 9.47 Å². The van der Waals surface area contributed by atoms with Crippen LogP contribution in [0, 0.1) is 0 Å². The van der Waals surface area contributed by atoms with E-state index in [0.717, 1.165) is 31.2 Å². The second-order valence-corrected chi connectivity index (χ2v) is 8.92. The number of hydrogen-bond acceptors (Lipinski definition) is 6. The van der Waals surface area contributed by atoms with Crippen LogP contribution in [0.4, 0.5) is 0 Å². The number of amides is 1. The standard InChI is InChI=1S/C27H29N3O7/c31-24(28-21-11-4-5-12-23(21)36-16-18-7-2-1-3-8-18)15-30-25(14-22(29-30)27(34)35)37-17-19-9-6-10-20(13-19)26(32)33/h1-3,6-10,13-14,21,23H,4-5,11-12,15-17H2,(H,28,31)(H,32,33)(H,34,35). The van der Waals surface area contributed by atoms with Gasteiger partial charge in [0.2, 0.25) is 11.8 Å². The molecule has 1 aromatic heterocycles. The molecule has 1 saturated carbocycles. The van der Waals surface area contributed by atoms with Crippen molar-refractivity contribution in [2.75, 3.05) is 0 Å². The highest BCUT2D eigenvalue weighted by molar-refractivity contribution is 5.87. The number of rotatable bonds is 11. The molecule has 2 unspecified atom stereocenters. The van der Waals surface area contributed by atoms with Crippen molar-refractivity contribution in [2.45, 2.75) is 57.6 Å². The fourth-order valence-electron chi connectivity index (χ4n) is 4.31. The van der Waals surface area contributed by atoms with Gasteiger partial charge in [0.1, 0.15) is 13.2 Å². The zero-order valence-electron chi connectivity index (χ0n) is 20.2. The Morgan fingerprint density at radius 2 is 1.68 bits per heavy atom. The van der Waals surface area contributed by atoms with E-state index < -0.39 is 11.9 Å². The van der Waals surface area contributed by atoms with Gasteiger partial charge in [0.15, 0.2) is 5.69 Å². The van der Waals surface area contributed by atoms with Crippen LogP contribution in [0.1, 0.15) is 57.7 Å². The minimum atomic E-state index is -1.25. The number of carbonyl (C=O) groups is 3. The molecule has 3 N–H and O–H groups in total. The molecule has 2 aromatic carbocycles. The van der Waals surface area contributed by atoms with Crippen molar-refractivity contribution in [2.24, 2.45) is 0 Å². The molecule has 0 bridgehead atoms. The number of carbonyl (C=O) groups excluding carboxylic acids is 1. The third-order valence-corrected chi connectivity index (χ3v) is 6.17. The zero-order valence-corrected chi connectivity index (χ0v) is 20.2. The summed E-state index contributed by atoms with van der Waals surface area (Å²) in [7, 11) is 0. The molecule has 1 fully saturated rings. The summed E-state index contributed by atoms with van der Waals surface area (Å²) in [6.45, 7) is 0.200. The largest absolute Gasteiger partial charge is 0.478 e. The van der Waals surface area contributed by atoms with Crippen LogP contribution < -0.4 is 10.1 Å². The third-order valence-electron chi connectivity index (χ3n) is 6.17. The van der Waals surface area contributed by atoms with Crippen LogP contribution in [-0.4, -0.2) is 50.0 Å². The predicted octanol–water partition coefficient (Wildman–Crippen LogP) is 3.50. The van der Waals surface area contributed by atoms with Crippen molar-refractivity contribution in [3.8, 4) is 5.88 Å². The topological polar surface area (TPSA) is 140 Å². The fourth-order valence-corrected chi connectivity index (χ4v) is 4.31. The zero-order chi connectivity index (χ0) is 26.2. The van der Waals surface area contributed by atoms with Crippen molar-refractivity contribution in [1.29, 1.82) is 0 Å². The summed E-state index contributed by atoms with van der Waals surface area (Å²) >= 11 is 0. The van der Waals surface area contributed by atoms with Crippen LogP contribution in [0.25, 0.3) is 0 Å². The summed E-state index contributed by atoms with van der Waals surface area (Å²) in [5, 5.41) is 25.6. The maximum absolute atomic E-state index is 12.9. The van der Waals surface area contributed by atoms with E-state index in [1.165, 1.54) is 22.9 Å². The summed E-state index contributed by atoms with van der Waals surface area (Å²) < 4.78 is 13.0. The summed E-state index contributed by atoms with van der Waals surface area (Å²) in [4.78, 5) is 35.6. The van der Waals surface area contributed by atoms with Crippen molar-refractivity contribution in [3.63, 3.8) is 0 Å². The highest BCUT2D eigenvalue weighted by Gasteiger charge is 2.28. The minimum Gasteiger partial charge on any atom is -0.478 e. The van der Waals surface area contributed by atoms with Gasteiger partial charge >= 0.3 is 11.9 Å². The van der Waals surface area contributed by atoms with Crippen LogP contribution in [0.5, 0.6) is 5.88 Å². The van der Waals surface area contributed by atoms with E-state index in [1.807, 2.05) is 30.3 Å². The van der Waals surface area contributed by atoms with E-state index in [2.05, 4.69) is 10.4 Å². The van der Waals surface area contributed by atoms with Crippen LogP contribution in [-0.2, 0) is 29.3 Å². The molecule has 0 spiro atoms. The minimum absolute atomic E-state index is 0.0223. The number of carboxylic acid groups (broad SMARTS) is 2.